The van der Waals surface area contributed by atoms with Gasteiger partial charge in [0.15, 0.2) is 4.46 Å². The monoisotopic (exact) mass is 475 g/mol. The number of nitrogens with zero attached hydrogens (tertiary/aromatic N) is 4. The molecule has 2 aliphatic heterocycles. The van der Waals surface area contributed by atoms with Gasteiger partial charge >= 0.3 is 0 Å². The largest absolute Gasteiger partial charge is 0.305 e. The van der Waals surface area contributed by atoms with Crippen LogP contribution in [0.1, 0.15) is 58.3 Å². The van der Waals surface area contributed by atoms with E-state index in [0.29, 0.717) is 0 Å². The topological polar surface area (TPSA) is 13.0 Å². The van der Waals surface area contributed by atoms with E-state index in [1.54, 1.807) is 0 Å². The molecule has 2 aliphatic rings. The summed E-state index contributed by atoms with van der Waals surface area (Å²) in [6.07, 6.45) is 10.2. The van der Waals surface area contributed by atoms with E-state index in [4.69, 9.17) is 23.2 Å². The first-order chi connectivity index (χ1) is 13.0. The summed E-state index contributed by atoms with van der Waals surface area (Å²) >= 11 is 13.7. The molecule has 2 rings (SSSR count). The van der Waals surface area contributed by atoms with E-state index < -0.39 is 4.46 Å². The minimum absolute atomic E-state index is 0. The number of alkyl halides is 2. The van der Waals surface area contributed by atoms with Gasteiger partial charge in [0.1, 0.15) is 0 Å². The van der Waals surface area contributed by atoms with E-state index in [2.05, 4.69) is 33.6 Å². The zero-order chi connectivity index (χ0) is 19.5. The average Bonchev–Trinajstić information content (AvgIpc) is 2.64. The van der Waals surface area contributed by atoms with Crippen molar-refractivity contribution in [2.24, 2.45) is 0 Å². The van der Waals surface area contributed by atoms with Crippen molar-refractivity contribution in [2.75, 3.05) is 72.5 Å². The maximum Gasteiger partial charge on any atom is 0.172 e. The van der Waals surface area contributed by atoms with Gasteiger partial charge in [-0.2, -0.15) is 0 Å². The summed E-state index contributed by atoms with van der Waals surface area (Å²) in [5.74, 6) is 0. The normalized spacial score (nSPS) is 27.9. The minimum atomic E-state index is -0.748. The van der Waals surface area contributed by atoms with Crippen LogP contribution in [0.4, 0.5) is 0 Å². The van der Waals surface area contributed by atoms with Crippen LogP contribution in [-0.4, -0.2) is 96.6 Å². The van der Waals surface area contributed by atoms with E-state index >= 15 is 0 Å². The summed E-state index contributed by atoms with van der Waals surface area (Å²) in [6.45, 7) is 13.2. The van der Waals surface area contributed by atoms with Gasteiger partial charge < -0.3 is 14.7 Å². The smallest absolute Gasteiger partial charge is 0.172 e. The first kappa shape index (κ1) is 27.0. The van der Waals surface area contributed by atoms with E-state index in [-0.39, 0.29) is 17.1 Å². The Morgan fingerprint density at radius 3 is 2.21 bits per heavy atom. The molecular weight excluding hydrogens is 434 g/mol. The molecule has 28 heavy (non-hydrogen) atoms. The Kier molecular flexibility index (Phi) is 14.3. The van der Waals surface area contributed by atoms with Crippen molar-refractivity contribution in [3.8, 4) is 0 Å². The van der Waals surface area contributed by atoms with Crippen molar-refractivity contribution in [2.45, 2.75) is 62.7 Å². The van der Waals surface area contributed by atoms with Crippen LogP contribution >= 0.6 is 23.2 Å². The van der Waals surface area contributed by atoms with Gasteiger partial charge in [-0.05, 0) is 39.5 Å². The molecule has 2 bridgehead atoms. The van der Waals surface area contributed by atoms with Gasteiger partial charge in [-0.3, -0.25) is 4.90 Å². The second kappa shape index (κ2) is 14.9. The first-order valence-corrected chi connectivity index (χ1v) is 12.0. The summed E-state index contributed by atoms with van der Waals surface area (Å²) in [7, 11) is 2.21. The molecule has 2 fully saturated rings. The maximum absolute atomic E-state index is 6.84. The minimum Gasteiger partial charge on any atom is -0.305 e. The Labute approximate surface area is 194 Å². The van der Waals surface area contributed by atoms with Crippen LogP contribution in [0.3, 0.4) is 0 Å². The molecule has 2 atom stereocenters. The third-order valence-corrected chi connectivity index (χ3v) is 7.06. The molecule has 0 spiro atoms. The number of unbranched alkanes of at least 4 members (excludes halogenated alkanes) is 5. The predicted molar refractivity (Wildman–Crippen MR) is 119 cm³/mol. The molecular formula is C21H42Cl2MnN4. The maximum atomic E-state index is 6.84. The van der Waals surface area contributed by atoms with Crippen molar-refractivity contribution in [1.82, 2.24) is 19.6 Å². The number of hydrogen-bond donors (Lipinski definition) is 0. The summed E-state index contributed by atoms with van der Waals surface area (Å²) in [4.78, 5) is 9.94. The number of fused-ring (bicyclic) bond motifs is 3. The van der Waals surface area contributed by atoms with Crippen LogP contribution < -0.4 is 0 Å². The second-order valence-electron chi connectivity index (χ2n) is 8.51. The van der Waals surface area contributed by atoms with Gasteiger partial charge in [0.05, 0.1) is 0 Å². The Morgan fingerprint density at radius 1 is 0.750 bits per heavy atom. The molecule has 0 aromatic carbocycles. The van der Waals surface area contributed by atoms with Crippen LogP contribution in [0.25, 0.3) is 0 Å². The zero-order valence-electron chi connectivity index (χ0n) is 18.2. The third-order valence-electron chi connectivity index (χ3n) is 6.20. The molecule has 0 aromatic rings. The van der Waals surface area contributed by atoms with Gasteiger partial charge in [0.2, 0.25) is 0 Å². The summed E-state index contributed by atoms with van der Waals surface area (Å²) < 4.78 is -0.748. The molecule has 0 aliphatic carbocycles. The van der Waals surface area contributed by atoms with Crippen molar-refractivity contribution in [1.29, 1.82) is 0 Å². The van der Waals surface area contributed by atoms with Crippen molar-refractivity contribution < 1.29 is 17.1 Å². The number of rotatable bonds is 7. The fourth-order valence-corrected chi connectivity index (χ4v) is 4.70. The molecule has 167 valence electrons. The van der Waals surface area contributed by atoms with Gasteiger partial charge in [0, 0.05) is 69.3 Å². The van der Waals surface area contributed by atoms with E-state index in [9.17, 15) is 0 Å². The van der Waals surface area contributed by atoms with Gasteiger partial charge in [-0.25, -0.2) is 0 Å². The molecule has 0 aromatic heterocycles. The standard InChI is InChI=1S/C21H42Cl2N4.Mn/c1-3-4-5-6-7-8-12-25-14-10-21(22,23)27-19-15-24(2)11-9-13-26(17-16-25)18-20-27;/h3-20H2,1-2H3;. The van der Waals surface area contributed by atoms with Crippen molar-refractivity contribution >= 4 is 23.2 Å². The first-order valence-electron chi connectivity index (χ1n) is 11.3. The van der Waals surface area contributed by atoms with E-state index in [1.807, 2.05) is 0 Å². The van der Waals surface area contributed by atoms with Crippen LogP contribution in [0.15, 0.2) is 0 Å². The van der Waals surface area contributed by atoms with Crippen LogP contribution in [0.2, 0.25) is 0 Å². The van der Waals surface area contributed by atoms with Crippen LogP contribution in [0.5, 0.6) is 0 Å². The Balaban J connectivity index is 0.00000392. The Hall–Kier alpha value is 0.939. The fourth-order valence-electron chi connectivity index (χ4n) is 4.19. The molecule has 0 N–H and O–H groups in total. The number of likely N-dealkylation sites (N-methyl/N-ethyl adjacent to an activating group) is 1. The third kappa shape index (κ3) is 10.3. The summed E-state index contributed by atoms with van der Waals surface area (Å²) in [5.41, 5.74) is 0. The second-order valence-corrected chi connectivity index (χ2v) is 9.95. The van der Waals surface area contributed by atoms with E-state index in [1.165, 1.54) is 64.6 Å². The van der Waals surface area contributed by atoms with E-state index in [0.717, 1.165) is 52.2 Å². The molecule has 2 unspecified atom stereocenters. The number of hydrogen-bond acceptors (Lipinski definition) is 4. The SMILES string of the molecule is CCCCCCCCN1CCN2CCCN(C)CCN(CC2)C(Cl)(Cl)CC1.[Mn]. The van der Waals surface area contributed by atoms with Crippen molar-refractivity contribution in [3.63, 3.8) is 0 Å². The molecule has 0 saturated carbocycles. The zero-order valence-corrected chi connectivity index (χ0v) is 20.8. The molecule has 7 heteroatoms. The molecule has 0 amide bonds. The molecule has 1 radical (unpaired) electrons. The molecule has 2 heterocycles. The average molecular weight is 476 g/mol. The molecule has 4 nitrogen and oxygen atoms in total. The van der Waals surface area contributed by atoms with Gasteiger partial charge in [-0.1, -0.05) is 62.2 Å². The fraction of sp³-hybridized carbons (Fsp3) is 1.00. The quantitative estimate of drug-likeness (QED) is 0.237. The Bertz CT molecular complexity index is 401. The van der Waals surface area contributed by atoms with Crippen LogP contribution in [-0.2, 0) is 17.1 Å². The van der Waals surface area contributed by atoms with Crippen molar-refractivity contribution in [3.05, 3.63) is 0 Å². The Morgan fingerprint density at radius 2 is 1.43 bits per heavy atom. The predicted octanol–water partition coefficient (Wildman–Crippen LogP) is 4.12. The van der Waals surface area contributed by atoms with Crippen LogP contribution in [0, 0.1) is 0 Å². The summed E-state index contributed by atoms with van der Waals surface area (Å²) in [5, 5.41) is 0. The van der Waals surface area contributed by atoms with Gasteiger partial charge in [0.25, 0.3) is 0 Å². The summed E-state index contributed by atoms with van der Waals surface area (Å²) in [6, 6.07) is 0. The number of halogens is 2. The molecule has 2 saturated heterocycles. The van der Waals surface area contributed by atoms with Gasteiger partial charge in [-0.15, -0.1) is 0 Å².